The van der Waals surface area contributed by atoms with Gasteiger partial charge < -0.3 is 0 Å². The molecule has 0 unspecified atom stereocenters. The Labute approximate surface area is 126 Å². The molecule has 0 aliphatic carbocycles. The van der Waals surface area contributed by atoms with Crippen LogP contribution in [0.4, 0.5) is 0 Å². The molecule has 0 aliphatic heterocycles. The van der Waals surface area contributed by atoms with E-state index in [0.717, 1.165) is 18.3 Å². The zero-order chi connectivity index (χ0) is 14.8. The fraction of sp³-hybridized carbons (Fsp3) is 0.143. The summed E-state index contributed by atoms with van der Waals surface area (Å²) in [4.78, 5) is 0. The Kier molecular flexibility index (Phi) is 4.79. The van der Waals surface area contributed by atoms with Crippen molar-refractivity contribution < 1.29 is 15.5 Å². The van der Waals surface area contributed by atoms with E-state index in [1.54, 1.807) is 0 Å². The first-order chi connectivity index (χ1) is 9.38. The number of rotatable bonds is 4. The van der Waals surface area contributed by atoms with Gasteiger partial charge in [0.15, 0.2) is 0 Å². The third-order valence-corrected chi connectivity index (χ3v) is 9.92. The monoisotopic (exact) mass is 406 g/mol. The standard InChI is InChI=1S/C14H15IO4S/c1-11-7-3-5-9-13(11)15(19-20(16,17)18)14-10-6-4-8-12(14)2/h3-10H,1-2H3,(H,16,17,18). The predicted molar refractivity (Wildman–Crippen MR) is 86.4 cm³/mol. The van der Waals surface area contributed by atoms with Crippen LogP contribution in [-0.2, 0) is 12.9 Å². The zero-order valence-electron chi connectivity index (χ0n) is 11.1. The number of halogens is 1. The summed E-state index contributed by atoms with van der Waals surface area (Å²) in [7, 11) is -4.48. The number of hydrogen-bond acceptors (Lipinski definition) is 3. The molecule has 0 spiro atoms. The molecule has 20 heavy (non-hydrogen) atoms. The average molecular weight is 406 g/mol. The Bertz CT molecular complexity index is 667. The van der Waals surface area contributed by atoms with Gasteiger partial charge in [0.05, 0.1) is 0 Å². The quantitative estimate of drug-likeness (QED) is 0.623. The molecule has 0 bridgehead atoms. The second-order valence-corrected chi connectivity index (χ2v) is 10.0. The molecule has 108 valence electrons. The minimum atomic E-state index is -4.48. The van der Waals surface area contributed by atoms with Crippen molar-refractivity contribution in [2.45, 2.75) is 13.8 Å². The van der Waals surface area contributed by atoms with E-state index in [9.17, 15) is 8.42 Å². The van der Waals surface area contributed by atoms with Gasteiger partial charge in [0, 0.05) is 0 Å². The van der Waals surface area contributed by atoms with E-state index in [1.165, 1.54) is 0 Å². The van der Waals surface area contributed by atoms with Gasteiger partial charge >= 0.3 is 127 Å². The second-order valence-electron chi connectivity index (χ2n) is 4.24. The summed E-state index contributed by atoms with van der Waals surface area (Å²) in [6.45, 7) is 3.82. The summed E-state index contributed by atoms with van der Waals surface area (Å²) in [6, 6.07) is 15.0. The SMILES string of the molecule is Cc1ccccc1I(OS(=O)(=O)O)c1ccccc1C. The molecule has 0 atom stereocenters. The van der Waals surface area contributed by atoms with Crippen LogP contribution in [0.3, 0.4) is 0 Å². The Morgan fingerprint density at radius 3 is 1.65 bits per heavy atom. The van der Waals surface area contributed by atoms with Gasteiger partial charge in [0.25, 0.3) is 0 Å². The normalized spacial score (nSPS) is 12.2. The molecule has 0 saturated carbocycles. The Hall–Kier alpha value is -0.960. The van der Waals surface area contributed by atoms with Crippen molar-refractivity contribution >= 4 is 30.6 Å². The fourth-order valence-corrected chi connectivity index (χ4v) is 8.16. The minimum absolute atomic E-state index is 0.864. The molecular weight excluding hydrogens is 391 g/mol. The van der Waals surface area contributed by atoms with Crippen LogP contribution in [-0.4, -0.2) is 13.0 Å². The van der Waals surface area contributed by atoms with E-state index >= 15 is 0 Å². The second kappa shape index (κ2) is 6.21. The maximum absolute atomic E-state index is 11.2. The molecule has 4 nitrogen and oxygen atoms in total. The van der Waals surface area contributed by atoms with Crippen LogP contribution in [0, 0.1) is 21.0 Å². The van der Waals surface area contributed by atoms with Crippen molar-refractivity contribution in [3.63, 3.8) is 0 Å². The Balaban J connectivity index is 2.57. The number of aryl methyl sites for hydroxylation is 2. The van der Waals surface area contributed by atoms with E-state index in [0.29, 0.717) is 0 Å². The van der Waals surface area contributed by atoms with Gasteiger partial charge in [-0.2, -0.15) is 0 Å². The van der Waals surface area contributed by atoms with Crippen molar-refractivity contribution in [3.8, 4) is 0 Å². The first-order valence-electron chi connectivity index (χ1n) is 5.87. The summed E-state index contributed by atoms with van der Waals surface area (Å²) < 4.78 is 38.2. The van der Waals surface area contributed by atoms with Crippen molar-refractivity contribution in [2.75, 3.05) is 0 Å². The zero-order valence-corrected chi connectivity index (χ0v) is 14.1. The summed E-state index contributed by atoms with van der Waals surface area (Å²) >= 11 is -2.70. The molecule has 0 saturated heterocycles. The molecule has 0 radical (unpaired) electrons. The van der Waals surface area contributed by atoms with Gasteiger partial charge in [-0.1, -0.05) is 0 Å². The predicted octanol–water partition coefficient (Wildman–Crippen LogP) is 3.58. The van der Waals surface area contributed by atoms with Crippen LogP contribution in [0.15, 0.2) is 48.5 Å². The van der Waals surface area contributed by atoms with Crippen LogP contribution in [0.25, 0.3) is 0 Å². The molecule has 2 rings (SSSR count). The number of benzene rings is 2. The Morgan fingerprint density at radius 2 is 1.30 bits per heavy atom. The summed E-state index contributed by atoms with van der Waals surface area (Å²) in [5, 5.41) is 0. The molecule has 2 aromatic carbocycles. The van der Waals surface area contributed by atoms with E-state index in [4.69, 9.17) is 7.07 Å². The third-order valence-electron chi connectivity index (χ3n) is 2.67. The van der Waals surface area contributed by atoms with Crippen LogP contribution in [0.2, 0.25) is 0 Å². The summed E-state index contributed by atoms with van der Waals surface area (Å²) in [6.07, 6.45) is 0. The molecule has 1 N–H and O–H groups in total. The molecule has 0 fully saturated rings. The molecule has 0 amide bonds. The van der Waals surface area contributed by atoms with Gasteiger partial charge in [0.2, 0.25) is 0 Å². The molecule has 0 aliphatic rings. The molecule has 2 aromatic rings. The first kappa shape index (κ1) is 15.4. The van der Waals surface area contributed by atoms with E-state index in [1.807, 2.05) is 62.4 Å². The van der Waals surface area contributed by atoms with Gasteiger partial charge in [0.1, 0.15) is 0 Å². The van der Waals surface area contributed by atoms with Crippen molar-refractivity contribution in [3.05, 3.63) is 66.8 Å². The summed E-state index contributed by atoms with van der Waals surface area (Å²) in [5.41, 5.74) is 1.93. The van der Waals surface area contributed by atoms with Crippen molar-refractivity contribution in [1.29, 1.82) is 0 Å². The van der Waals surface area contributed by atoms with Crippen LogP contribution in [0.1, 0.15) is 11.1 Å². The van der Waals surface area contributed by atoms with Crippen LogP contribution >= 0.6 is 20.2 Å². The van der Waals surface area contributed by atoms with E-state index in [-0.39, 0.29) is 0 Å². The maximum atomic E-state index is 11.2. The van der Waals surface area contributed by atoms with Gasteiger partial charge in [-0.3, -0.25) is 0 Å². The topological polar surface area (TPSA) is 63.6 Å². The molecular formula is C14H15IO4S. The average Bonchev–Trinajstić information content (AvgIpc) is 2.37. The van der Waals surface area contributed by atoms with Crippen LogP contribution in [0.5, 0.6) is 0 Å². The molecule has 6 heteroatoms. The third kappa shape index (κ3) is 3.78. The molecule has 0 heterocycles. The van der Waals surface area contributed by atoms with Crippen molar-refractivity contribution in [1.82, 2.24) is 0 Å². The van der Waals surface area contributed by atoms with Gasteiger partial charge in [-0.05, 0) is 0 Å². The van der Waals surface area contributed by atoms with E-state index < -0.39 is 30.6 Å². The van der Waals surface area contributed by atoms with E-state index in [2.05, 4.69) is 0 Å². The van der Waals surface area contributed by atoms with Crippen molar-refractivity contribution in [2.24, 2.45) is 0 Å². The fourth-order valence-electron chi connectivity index (χ4n) is 1.74. The summed E-state index contributed by atoms with van der Waals surface area (Å²) in [5.74, 6) is 0. The Morgan fingerprint density at radius 1 is 0.900 bits per heavy atom. The van der Waals surface area contributed by atoms with Gasteiger partial charge in [-0.25, -0.2) is 0 Å². The molecule has 0 aromatic heterocycles. The number of hydrogen-bond donors (Lipinski definition) is 1. The first-order valence-corrected chi connectivity index (χ1v) is 10.3. The van der Waals surface area contributed by atoms with Crippen LogP contribution < -0.4 is 0 Å². The van der Waals surface area contributed by atoms with Gasteiger partial charge in [-0.15, -0.1) is 0 Å².